The number of para-hydroxylation sites is 4. The second-order valence-corrected chi connectivity index (χ2v) is 12.3. The van der Waals surface area contributed by atoms with Crippen LogP contribution in [-0.4, -0.2) is 9.13 Å². The second kappa shape index (κ2) is 11.4. The summed E-state index contributed by atoms with van der Waals surface area (Å²) in [6, 6.07) is 57.7. The first-order chi connectivity index (χ1) is 24.7. The molecule has 0 amide bonds. The first-order valence-corrected chi connectivity index (χ1v) is 16.3. The lowest BCUT2D eigenvalue weighted by Gasteiger charge is -2.19. The topological polar surface area (TPSA) is 81.2 Å². The van der Waals surface area contributed by atoms with Crippen LogP contribution in [0.3, 0.4) is 0 Å². The van der Waals surface area contributed by atoms with Crippen molar-refractivity contribution < 1.29 is 0 Å². The molecule has 0 aliphatic heterocycles. The fourth-order valence-corrected chi connectivity index (χ4v) is 7.53. The molecule has 5 nitrogen and oxygen atoms in total. The molecule has 7 aromatic carbocycles. The number of nitrogens with zero attached hydrogens (tertiary/aromatic N) is 5. The Balaban J connectivity index is 1.33. The molecule has 0 aliphatic rings. The quantitative estimate of drug-likeness (QED) is 0.193. The third-order valence-corrected chi connectivity index (χ3v) is 9.65. The normalized spacial score (nSPS) is 11.1. The average molecular weight is 636 g/mol. The highest BCUT2D eigenvalue weighted by Gasteiger charge is 2.22. The van der Waals surface area contributed by atoms with Crippen molar-refractivity contribution in [3.63, 3.8) is 0 Å². The zero-order chi connectivity index (χ0) is 33.8. The van der Waals surface area contributed by atoms with Crippen LogP contribution >= 0.6 is 0 Å². The van der Waals surface area contributed by atoms with E-state index < -0.39 is 0 Å². The summed E-state index contributed by atoms with van der Waals surface area (Å²) in [5.41, 5.74) is 10.7. The Kier molecular flexibility index (Phi) is 6.56. The molecule has 0 saturated carbocycles. The summed E-state index contributed by atoms with van der Waals surface area (Å²) in [7, 11) is 0. The molecule has 5 heteroatoms. The van der Waals surface area contributed by atoms with Crippen LogP contribution in [-0.2, 0) is 0 Å². The highest BCUT2D eigenvalue weighted by Crippen LogP contribution is 2.43. The van der Waals surface area contributed by atoms with Gasteiger partial charge in [0.25, 0.3) is 0 Å². The van der Waals surface area contributed by atoms with Crippen molar-refractivity contribution in [2.45, 2.75) is 0 Å². The summed E-state index contributed by atoms with van der Waals surface area (Å²) >= 11 is 0. The van der Waals surface area contributed by atoms with Gasteiger partial charge >= 0.3 is 0 Å². The maximum absolute atomic E-state index is 10.6. The molecule has 0 saturated heterocycles. The molecule has 9 rings (SSSR count). The van der Waals surface area contributed by atoms with E-state index in [0.29, 0.717) is 27.8 Å². The van der Waals surface area contributed by atoms with Crippen molar-refractivity contribution in [2.24, 2.45) is 0 Å². The molecule has 0 spiro atoms. The predicted octanol–water partition coefficient (Wildman–Crippen LogP) is 10.8. The van der Waals surface area contributed by atoms with Crippen molar-refractivity contribution in [3.05, 3.63) is 168 Å². The van der Waals surface area contributed by atoms with Crippen LogP contribution in [0.4, 0.5) is 0 Å². The van der Waals surface area contributed by atoms with Crippen LogP contribution in [0.5, 0.6) is 0 Å². The van der Waals surface area contributed by atoms with E-state index in [1.165, 1.54) is 0 Å². The maximum Gasteiger partial charge on any atom is 0.0998 e. The molecule has 2 heterocycles. The van der Waals surface area contributed by atoms with Gasteiger partial charge < -0.3 is 9.13 Å². The zero-order valence-electron chi connectivity index (χ0n) is 26.7. The Bertz CT molecular complexity index is 2920. The van der Waals surface area contributed by atoms with Crippen molar-refractivity contribution in [1.29, 1.82) is 15.8 Å². The minimum atomic E-state index is 0.472. The monoisotopic (exact) mass is 635 g/mol. The number of nitriles is 3. The fraction of sp³-hybridized carbons (Fsp3) is 0. The third-order valence-electron chi connectivity index (χ3n) is 9.65. The lowest BCUT2D eigenvalue weighted by atomic mass is 9.87. The van der Waals surface area contributed by atoms with Gasteiger partial charge in [0.1, 0.15) is 0 Å². The SMILES string of the molecule is N#Cc1ccc2c(c1)c1ccccc1n2-c1ccc(C#N)c(-c2c(C#N)cccc2-c2ccccc2-n2c3ccccc3c3ccccc32)c1. The molecule has 230 valence electrons. The second-order valence-electron chi connectivity index (χ2n) is 12.3. The van der Waals surface area contributed by atoms with Gasteiger partial charge in [-0.05, 0) is 72.3 Å². The van der Waals surface area contributed by atoms with Crippen molar-refractivity contribution in [2.75, 3.05) is 0 Å². The van der Waals surface area contributed by atoms with E-state index in [0.717, 1.165) is 66.1 Å². The van der Waals surface area contributed by atoms with Crippen LogP contribution in [0.25, 0.3) is 77.2 Å². The van der Waals surface area contributed by atoms with E-state index in [4.69, 9.17) is 0 Å². The summed E-state index contributed by atoms with van der Waals surface area (Å²) in [6.45, 7) is 0. The summed E-state index contributed by atoms with van der Waals surface area (Å²) in [5, 5.41) is 35.0. The molecule has 0 fully saturated rings. The van der Waals surface area contributed by atoms with Crippen LogP contribution in [0.15, 0.2) is 152 Å². The van der Waals surface area contributed by atoms with E-state index in [9.17, 15) is 15.8 Å². The van der Waals surface area contributed by atoms with E-state index in [2.05, 4.69) is 100 Å². The summed E-state index contributed by atoms with van der Waals surface area (Å²) in [4.78, 5) is 0. The highest BCUT2D eigenvalue weighted by molar-refractivity contribution is 6.11. The van der Waals surface area contributed by atoms with Gasteiger partial charge in [0.15, 0.2) is 0 Å². The molecular formula is C45H25N5. The van der Waals surface area contributed by atoms with E-state index in [1.807, 2.05) is 78.9 Å². The summed E-state index contributed by atoms with van der Waals surface area (Å²) in [5.74, 6) is 0. The predicted molar refractivity (Wildman–Crippen MR) is 200 cm³/mol. The van der Waals surface area contributed by atoms with Gasteiger partial charge in [0.2, 0.25) is 0 Å². The number of rotatable bonds is 4. The Morgan fingerprint density at radius 2 is 0.960 bits per heavy atom. The van der Waals surface area contributed by atoms with E-state index >= 15 is 0 Å². The molecule has 0 unspecified atom stereocenters. The first kappa shape index (κ1) is 28.8. The van der Waals surface area contributed by atoms with Gasteiger partial charge in [0, 0.05) is 43.9 Å². The van der Waals surface area contributed by atoms with Gasteiger partial charge in [-0.3, -0.25) is 0 Å². The zero-order valence-corrected chi connectivity index (χ0v) is 26.7. The number of fused-ring (bicyclic) bond motifs is 6. The molecular weight excluding hydrogens is 611 g/mol. The molecule has 0 atom stereocenters. The van der Waals surface area contributed by atoms with E-state index in [1.54, 1.807) is 0 Å². The van der Waals surface area contributed by atoms with Crippen molar-refractivity contribution in [1.82, 2.24) is 9.13 Å². The van der Waals surface area contributed by atoms with Crippen LogP contribution in [0, 0.1) is 34.0 Å². The Hall–Kier alpha value is -7.39. The van der Waals surface area contributed by atoms with Gasteiger partial charge in [-0.1, -0.05) is 84.9 Å². The Morgan fingerprint density at radius 1 is 0.380 bits per heavy atom. The fourth-order valence-electron chi connectivity index (χ4n) is 7.53. The standard InChI is InChI=1S/C45H25N5/c46-26-29-20-23-44-39(24-29)36-14-4-5-16-40(36)49(44)32-22-21-30(27-47)38(25-32)45-31(28-48)10-9-15-37(45)35-13-3-8-19-43(35)50-41-17-6-1-11-33(41)34-12-2-7-18-42(34)50/h1-25H. The average Bonchev–Trinajstić information content (AvgIpc) is 3.70. The lowest BCUT2D eigenvalue weighted by Crippen LogP contribution is -2.01. The molecule has 0 N–H and O–H groups in total. The molecule has 0 radical (unpaired) electrons. The van der Waals surface area contributed by atoms with Gasteiger partial charge in [-0.2, -0.15) is 15.8 Å². The molecule has 9 aromatic rings. The Morgan fingerprint density at radius 3 is 1.64 bits per heavy atom. The van der Waals surface area contributed by atoms with Crippen molar-refractivity contribution >= 4 is 43.6 Å². The Labute approximate surface area is 287 Å². The van der Waals surface area contributed by atoms with E-state index in [-0.39, 0.29) is 0 Å². The van der Waals surface area contributed by atoms with Crippen LogP contribution < -0.4 is 0 Å². The third kappa shape index (κ3) is 4.24. The molecule has 2 aromatic heterocycles. The highest BCUT2D eigenvalue weighted by atomic mass is 15.0. The molecule has 0 bridgehead atoms. The van der Waals surface area contributed by atoms with Gasteiger partial charge in [-0.15, -0.1) is 0 Å². The van der Waals surface area contributed by atoms with Gasteiger partial charge in [0.05, 0.1) is 62.7 Å². The number of hydrogen-bond donors (Lipinski definition) is 0. The smallest absolute Gasteiger partial charge is 0.0998 e. The minimum Gasteiger partial charge on any atom is -0.309 e. The first-order valence-electron chi connectivity index (χ1n) is 16.3. The largest absolute Gasteiger partial charge is 0.309 e. The lowest BCUT2D eigenvalue weighted by molar-refractivity contribution is 1.18. The van der Waals surface area contributed by atoms with Gasteiger partial charge in [-0.25, -0.2) is 0 Å². The molecule has 50 heavy (non-hydrogen) atoms. The number of hydrogen-bond acceptors (Lipinski definition) is 3. The summed E-state index contributed by atoms with van der Waals surface area (Å²) < 4.78 is 4.45. The molecule has 0 aliphatic carbocycles. The summed E-state index contributed by atoms with van der Waals surface area (Å²) in [6.07, 6.45) is 0. The maximum atomic E-state index is 10.6. The van der Waals surface area contributed by atoms with Crippen LogP contribution in [0.1, 0.15) is 16.7 Å². The minimum absolute atomic E-state index is 0.472. The van der Waals surface area contributed by atoms with Crippen molar-refractivity contribution in [3.8, 4) is 51.8 Å². The number of benzene rings is 7. The number of aromatic nitrogens is 2. The van der Waals surface area contributed by atoms with Crippen LogP contribution in [0.2, 0.25) is 0 Å².